The van der Waals surface area contributed by atoms with Crippen molar-refractivity contribution >= 4 is 5.57 Å². The normalized spacial score (nSPS) is 19.3. The lowest BCUT2D eigenvalue weighted by Crippen LogP contribution is -2.36. The van der Waals surface area contributed by atoms with Crippen molar-refractivity contribution in [1.29, 1.82) is 0 Å². The molecule has 0 bridgehead atoms. The fourth-order valence-corrected chi connectivity index (χ4v) is 2.10. The van der Waals surface area contributed by atoms with E-state index in [2.05, 4.69) is 6.58 Å². The van der Waals surface area contributed by atoms with Gasteiger partial charge >= 0.3 is 0 Å². The van der Waals surface area contributed by atoms with E-state index in [-0.39, 0.29) is 0 Å². The van der Waals surface area contributed by atoms with Crippen LogP contribution in [0.25, 0.3) is 5.57 Å². The van der Waals surface area contributed by atoms with Crippen molar-refractivity contribution in [3.63, 3.8) is 0 Å². The van der Waals surface area contributed by atoms with Crippen LogP contribution in [0.5, 0.6) is 0 Å². The molecule has 0 aromatic heterocycles. The third-order valence-electron chi connectivity index (χ3n) is 3.15. The molecular formula is C14H18O2. The molecule has 2 nitrogen and oxygen atoms in total. The number of hydrogen-bond acceptors (Lipinski definition) is 2. The van der Waals surface area contributed by atoms with E-state index >= 15 is 0 Å². The Bertz CT molecular complexity index is 350. The molecule has 1 aliphatic rings. The Kier molecular flexibility index (Phi) is 3.42. The monoisotopic (exact) mass is 218 g/mol. The van der Waals surface area contributed by atoms with Gasteiger partial charge in [-0.25, -0.2) is 0 Å². The molecule has 0 spiro atoms. The Labute approximate surface area is 96.6 Å². The molecule has 0 aliphatic carbocycles. The van der Waals surface area contributed by atoms with Crippen LogP contribution in [0.1, 0.15) is 24.8 Å². The van der Waals surface area contributed by atoms with Gasteiger partial charge in [-0.05, 0) is 24.0 Å². The minimum atomic E-state index is -0.620. The third kappa shape index (κ3) is 2.71. The smallest absolute Gasteiger partial charge is 0.0731 e. The van der Waals surface area contributed by atoms with Crippen LogP contribution >= 0.6 is 0 Å². The molecule has 0 radical (unpaired) electrons. The van der Waals surface area contributed by atoms with E-state index in [0.29, 0.717) is 32.5 Å². The zero-order chi connectivity index (χ0) is 11.4. The number of ether oxygens (including phenoxy) is 1. The zero-order valence-electron chi connectivity index (χ0n) is 9.48. The Morgan fingerprint density at radius 3 is 2.50 bits per heavy atom. The second-order valence-electron chi connectivity index (χ2n) is 4.48. The van der Waals surface area contributed by atoms with E-state index in [4.69, 9.17) is 4.74 Å². The van der Waals surface area contributed by atoms with Crippen molar-refractivity contribution in [2.24, 2.45) is 0 Å². The third-order valence-corrected chi connectivity index (χ3v) is 3.15. The largest absolute Gasteiger partial charge is 0.389 e. The standard InChI is InChI=1S/C14H18O2/c1-12(13-5-3-2-4-6-13)11-14(15)7-9-16-10-8-14/h2-6,15H,1,7-11H2. The number of aliphatic hydroxyl groups is 1. The summed E-state index contributed by atoms with van der Waals surface area (Å²) in [6, 6.07) is 10.0. The molecule has 1 aromatic carbocycles. The molecule has 1 N–H and O–H groups in total. The lowest BCUT2D eigenvalue weighted by atomic mass is 9.85. The quantitative estimate of drug-likeness (QED) is 0.845. The van der Waals surface area contributed by atoms with Gasteiger partial charge in [-0.2, -0.15) is 0 Å². The van der Waals surface area contributed by atoms with Gasteiger partial charge in [0.25, 0.3) is 0 Å². The van der Waals surface area contributed by atoms with Gasteiger partial charge < -0.3 is 9.84 Å². The van der Waals surface area contributed by atoms with Crippen LogP contribution in [0.15, 0.2) is 36.9 Å². The highest BCUT2D eigenvalue weighted by atomic mass is 16.5. The molecule has 2 rings (SSSR count). The van der Waals surface area contributed by atoms with E-state index in [1.807, 2.05) is 30.3 Å². The second kappa shape index (κ2) is 4.81. The second-order valence-corrected chi connectivity index (χ2v) is 4.48. The summed E-state index contributed by atoms with van der Waals surface area (Å²) in [5, 5.41) is 10.4. The molecular weight excluding hydrogens is 200 g/mol. The molecule has 1 aromatic rings. The van der Waals surface area contributed by atoms with E-state index in [9.17, 15) is 5.11 Å². The predicted octanol–water partition coefficient (Wildman–Crippen LogP) is 2.63. The molecule has 86 valence electrons. The number of hydrogen-bond donors (Lipinski definition) is 1. The summed E-state index contributed by atoms with van der Waals surface area (Å²) in [6.45, 7) is 5.37. The summed E-state index contributed by atoms with van der Waals surface area (Å²) in [6.07, 6.45) is 2.05. The van der Waals surface area contributed by atoms with Gasteiger partial charge in [0, 0.05) is 19.6 Å². The van der Waals surface area contributed by atoms with Gasteiger partial charge in [0.1, 0.15) is 0 Å². The number of rotatable bonds is 3. The molecule has 1 aliphatic heterocycles. The van der Waals surface area contributed by atoms with Crippen molar-refractivity contribution in [2.75, 3.05) is 13.2 Å². The minimum absolute atomic E-state index is 0.620. The Hall–Kier alpha value is -1.12. The molecule has 0 saturated carbocycles. The van der Waals surface area contributed by atoms with Crippen LogP contribution in [0.4, 0.5) is 0 Å². The highest BCUT2D eigenvalue weighted by Gasteiger charge is 2.30. The van der Waals surface area contributed by atoms with Crippen LogP contribution in [0.2, 0.25) is 0 Å². The maximum absolute atomic E-state index is 10.4. The van der Waals surface area contributed by atoms with Gasteiger partial charge in [0.15, 0.2) is 0 Å². The van der Waals surface area contributed by atoms with Crippen LogP contribution in [0, 0.1) is 0 Å². The first-order valence-electron chi connectivity index (χ1n) is 5.73. The summed E-state index contributed by atoms with van der Waals surface area (Å²) >= 11 is 0. The van der Waals surface area contributed by atoms with Gasteiger partial charge in [0.05, 0.1) is 5.60 Å². The average Bonchev–Trinajstić information content (AvgIpc) is 2.30. The zero-order valence-corrected chi connectivity index (χ0v) is 9.48. The molecule has 2 heteroatoms. The Balaban J connectivity index is 2.01. The van der Waals surface area contributed by atoms with Crippen molar-refractivity contribution in [3.8, 4) is 0 Å². The first kappa shape index (κ1) is 11.4. The van der Waals surface area contributed by atoms with Crippen molar-refractivity contribution in [2.45, 2.75) is 24.9 Å². The Morgan fingerprint density at radius 1 is 1.25 bits per heavy atom. The summed E-state index contributed by atoms with van der Waals surface area (Å²) in [5.74, 6) is 0. The molecule has 0 unspecified atom stereocenters. The molecule has 1 heterocycles. The lowest BCUT2D eigenvalue weighted by Gasteiger charge is -2.32. The van der Waals surface area contributed by atoms with Crippen molar-refractivity contribution in [1.82, 2.24) is 0 Å². The van der Waals surface area contributed by atoms with E-state index < -0.39 is 5.60 Å². The topological polar surface area (TPSA) is 29.5 Å². The first-order valence-corrected chi connectivity index (χ1v) is 5.73. The number of benzene rings is 1. The maximum atomic E-state index is 10.4. The van der Waals surface area contributed by atoms with Crippen molar-refractivity contribution < 1.29 is 9.84 Å². The van der Waals surface area contributed by atoms with Crippen LogP contribution in [-0.2, 0) is 4.74 Å². The van der Waals surface area contributed by atoms with Crippen molar-refractivity contribution in [3.05, 3.63) is 42.5 Å². The fourth-order valence-electron chi connectivity index (χ4n) is 2.10. The predicted molar refractivity (Wildman–Crippen MR) is 65.1 cm³/mol. The van der Waals surface area contributed by atoms with Gasteiger partial charge in [-0.1, -0.05) is 36.9 Å². The lowest BCUT2D eigenvalue weighted by molar-refractivity contribution is -0.0595. The molecule has 0 atom stereocenters. The van der Waals surface area contributed by atoms with Gasteiger partial charge in [-0.3, -0.25) is 0 Å². The molecule has 16 heavy (non-hydrogen) atoms. The summed E-state index contributed by atoms with van der Waals surface area (Å²) < 4.78 is 5.26. The molecule has 1 saturated heterocycles. The van der Waals surface area contributed by atoms with Crippen LogP contribution in [-0.4, -0.2) is 23.9 Å². The van der Waals surface area contributed by atoms with E-state index in [1.54, 1.807) is 0 Å². The Morgan fingerprint density at radius 2 is 1.88 bits per heavy atom. The highest BCUT2D eigenvalue weighted by Crippen LogP contribution is 2.30. The van der Waals surface area contributed by atoms with E-state index in [0.717, 1.165) is 11.1 Å². The van der Waals surface area contributed by atoms with Crippen LogP contribution < -0.4 is 0 Å². The summed E-state index contributed by atoms with van der Waals surface area (Å²) in [5.41, 5.74) is 1.50. The van der Waals surface area contributed by atoms with Gasteiger partial charge in [-0.15, -0.1) is 0 Å². The molecule has 1 fully saturated rings. The van der Waals surface area contributed by atoms with Crippen LogP contribution in [0.3, 0.4) is 0 Å². The van der Waals surface area contributed by atoms with Gasteiger partial charge in [0.2, 0.25) is 0 Å². The highest BCUT2D eigenvalue weighted by molar-refractivity contribution is 5.63. The summed E-state index contributed by atoms with van der Waals surface area (Å²) in [4.78, 5) is 0. The average molecular weight is 218 g/mol. The van der Waals surface area contributed by atoms with E-state index in [1.165, 1.54) is 0 Å². The SMILES string of the molecule is C=C(CC1(O)CCOCC1)c1ccccc1. The first-order chi connectivity index (χ1) is 7.70. The maximum Gasteiger partial charge on any atom is 0.0731 e. The summed E-state index contributed by atoms with van der Waals surface area (Å²) in [7, 11) is 0. The molecule has 0 amide bonds. The fraction of sp³-hybridized carbons (Fsp3) is 0.429. The minimum Gasteiger partial charge on any atom is -0.389 e.